The molecule has 0 fully saturated rings. The highest BCUT2D eigenvalue weighted by atomic mass is 19.1. The van der Waals surface area contributed by atoms with Gasteiger partial charge in [-0.15, -0.1) is 0 Å². The van der Waals surface area contributed by atoms with Crippen molar-refractivity contribution in [3.63, 3.8) is 0 Å². The Morgan fingerprint density at radius 2 is 2.18 bits per heavy atom. The summed E-state index contributed by atoms with van der Waals surface area (Å²) >= 11 is 0. The van der Waals surface area contributed by atoms with Crippen LogP contribution in [0.15, 0.2) is 23.6 Å². The zero-order valence-corrected chi connectivity index (χ0v) is 6.76. The molecule has 0 aromatic carbocycles. The Morgan fingerprint density at radius 3 is 2.55 bits per heavy atom. The Labute approximate surface area is 66.2 Å². The fourth-order valence-electron chi connectivity index (χ4n) is 0.991. The van der Waals surface area contributed by atoms with Crippen LogP contribution in [0, 0.1) is 6.42 Å². The van der Waals surface area contributed by atoms with Gasteiger partial charge in [-0.2, -0.15) is 0 Å². The minimum atomic E-state index is -0.925. The van der Waals surface area contributed by atoms with Crippen LogP contribution in [0.2, 0.25) is 0 Å². The Bertz CT molecular complexity index is 208. The summed E-state index contributed by atoms with van der Waals surface area (Å²) in [5.41, 5.74) is -0.275. The molecule has 0 saturated carbocycles. The molecule has 0 heterocycles. The molecule has 1 aliphatic rings. The SMILES string of the molecule is CC(C)(O)C1=CC[CH]C(F)=C1. The summed E-state index contributed by atoms with van der Waals surface area (Å²) in [6.07, 6.45) is 5.24. The minimum Gasteiger partial charge on any atom is -0.386 e. The van der Waals surface area contributed by atoms with Gasteiger partial charge in [-0.05, 0) is 31.9 Å². The maximum atomic E-state index is 12.6. The van der Waals surface area contributed by atoms with Gasteiger partial charge in [-0.3, -0.25) is 0 Å². The first kappa shape index (κ1) is 8.47. The standard InChI is InChI=1S/C9H12FO/c1-9(2,11)7-4-3-5-8(10)6-7/h4-6,11H,3H2,1-2H3. The minimum absolute atomic E-state index is 0.260. The number of halogens is 1. The van der Waals surface area contributed by atoms with E-state index in [1.165, 1.54) is 12.5 Å². The van der Waals surface area contributed by atoms with Crippen molar-refractivity contribution in [3.8, 4) is 0 Å². The molecule has 0 unspecified atom stereocenters. The Balaban J connectivity index is 2.82. The average molecular weight is 155 g/mol. The van der Waals surface area contributed by atoms with Crippen LogP contribution in [-0.4, -0.2) is 10.7 Å². The summed E-state index contributed by atoms with van der Waals surface area (Å²) in [5.74, 6) is -0.260. The fourth-order valence-corrected chi connectivity index (χ4v) is 0.991. The second kappa shape index (κ2) is 2.78. The molecule has 0 aliphatic heterocycles. The lowest BCUT2D eigenvalue weighted by atomic mass is 9.93. The molecule has 0 atom stereocenters. The molecule has 0 amide bonds. The monoisotopic (exact) mass is 155 g/mol. The summed E-state index contributed by atoms with van der Waals surface area (Å²) in [6, 6.07) is 0. The van der Waals surface area contributed by atoms with Gasteiger partial charge in [0.15, 0.2) is 0 Å². The van der Waals surface area contributed by atoms with Gasteiger partial charge in [-0.1, -0.05) is 6.08 Å². The second-order valence-electron chi connectivity index (χ2n) is 3.19. The molecule has 1 N–H and O–H groups in total. The van der Waals surface area contributed by atoms with Crippen LogP contribution in [0.3, 0.4) is 0 Å². The summed E-state index contributed by atoms with van der Waals surface area (Å²) < 4.78 is 12.6. The van der Waals surface area contributed by atoms with E-state index in [4.69, 9.17) is 0 Å². The predicted octanol–water partition coefficient (Wildman–Crippen LogP) is 2.15. The lowest BCUT2D eigenvalue weighted by Crippen LogP contribution is -2.21. The first-order chi connectivity index (χ1) is 5.00. The third-order valence-electron chi connectivity index (χ3n) is 1.65. The molecule has 11 heavy (non-hydrogen) atoms. The first-order valence-corrected chi connectivity index (χ1v) is 3.63. The van der Waals surface area contributed by atoms with Crippen LogP contribution in [0.1, 0.15) is 20.3 Å². The van der Waals surface area contributed by atoms with Crippen LogP contribution in [0.4, 0.5) is 4.39 Å². The van der Waals surface area contributed by atoms with E-state index in [0.717, 1.165) is 0 Å². The van der Waals surface area contributed by atoms with E-state index in [0.29, 0.717) is 12.0 Å². The molecule has 2 heteroatoms. The van der Waals surface area contributed by atoms with Crippen molar-refractivity contribution in [2.45, 2.75) is 25.9 Å². The van der Waals surface area contributed by atoms with Crippen molar-refractivity contribution >= 4 is 0 Å². The molecular weight excluding hydrogens is 143 g/mol. The summed E-state index contributed by atoms with van der Waals surface area (Å²) in [5, 5.41) is 9.47. The molecule has 1 aliphatic carbocycles. The van der Waals surface area contributed by atoms with Crippen molar-refractivity contribution < 1.29 is 9.50 Å². The van der Waals surface area contributed by atoms with Crippen LogP contribution in [0.25, 0.3) is 0 Å². The van der Waals surface area contributed by atoms with Crippen LogP contribution in [-0.2, 0) is 0 Å². The number of hydrogen-bond donors (Lipinski definition) is 1. The summed E-state index contributed by atoms with van der Waals surface area (Å²) in [4.78, 5) is 0. The fraction of sp³-hybridized carbons (Fsp3) is 0.444. The quantitative estimate of drug-likeness (QED) is 0.615. The van der Waals surface area contributed by atoms with Crippen molar-refractivity contribution in [2.75, 3.05) is 0 Å². The zero-order chi connectivity index (χ0) is 8.48. The molecular formula is C9H12FO. The topological polar surface area (TPSA) is 20.2 Å². The van der Waals surface area contributed by atoms with Gasteiger partial charge in [0, 0.05) is 6.42 Å². The largest absolute Gasteiger partial charge is 0.386 e. The molecule has 1 nitrogen and oxygen atoms in total. The van der Waals surface area contributed by atoms with E-state index in [1.54, 1.807) is 13.8 Å². The molecule has 0 spiro atoms. The molecule has 1 radical (unpaired) electrons. The van der Waals surface area contributed by atoms with Gasteiger partial charge in [0.2, 0.25) is 0 Å². The number of aliphatic hydroxyl groups is 1. The van der Waals surface area contributed by atoms with Crippen molar-refractivity contribution in [1.29, 1.82) is 0 Å². The van der Waals surface area contributed by atoms with Crippen LogP contribution >= 0.6 is 0 Å². The van der Waals surface area contributed by atoms with Crippen molar-refractivity contribution in [3.05, 3.63) is 30.0 Å². The second-order valence-corrected chi connectivity index (χ2v) is 3.19. The number of rotatable bonds is 1. The normalized spacial score (nSPS) is 19.3. The highest BCUT2D eigenvalue weighted by molar-refractivity contribution is 5.35. The maximum absolute atomic E-state index is 12.6. The molecule has 0 aromatic rings. The van der Waals surface area contributed by atoms with Crippen LogP contribution in [0.5, 0.6) is 0 Å². The van der Waals surface area contributed by atoms with E-state index in [2.05, 4.69) is 0 Å². The van der Waals surface area contributed by atoms with Crippen LogP contribution < -0.4 is 0 Å². The van der Waals surface area contributed by atoms with Gasteiger partial charge < -0.3 is 5.11 Å². The van der Waals surface area contributed by atoms with Gasteiger partial charge in [0.25, 0.3) is 0 Å². The molecule has 0 saturated heterocycles. The molecule has 0 aromatic heterocycles. The van der Waals surface area contributed by atoms with Gasteiger partial charge in [0.05, 0.1) is 5.60 Å². The Hall–Kier alpha value is -0.630. The van der Waals surface area contributed by atoms with Gasteiger partial charge in [-0.25, -0.2) is 4.39 Å². The highest BCUT2D eigenvalue weighted by Crippen LogP contribution is 2.25. The molecule has 0 bridgehead atoms. The van der Waals surface area contributed by atoms with Gasteiger partial charge in [0.1, 0.15) is 5.83 Å². The molecule has 61 valence electrons. The zero-order valence-electron chi connectivity index (χ0n) is 6.76. The summed E-state index contributed by atoms with van der Waals surface area (Å²) in [7, 11) is 0. The average Bonchev–Trinajstić information content (AvgIpc) is 1.86. The lowest BCUT2D eigenvalue weighted by molar-refractivity contribution is 0.123. The molecule has 1 rings (SSSR count). The van der Waals surface area contributed by atoms with Crippen molar-refractivity contribution in [2.24, 2.45) is 0 Å². The number of hydrogen-bond acceptors (Lipinski definition) is 1. The highest BCUT2D eigenvalue weighted by Gasteiger charge is 2.19. The van der Waals surface area contributed by atoms with E-state index in [1.807, 2.05) is 6.08 Å². The van der Waals surface area contributed by atoms with E-state index in [-0.39, 0.29) is 5.83 Å². The summed E-state index contributed by atoms with van der Waals surface area (Å²) in [6.45, 7) is 3.29. The first-order valence-electron chi connectivity index (χ1n) is 3.63. The van der Waals surface area contributed by atoms with E-state index >= 15 is 0 Å². The van der Waals surface area contributed by atoms with Crippen molar-refractivity contribution in [1.82, 2.24) is 0 Å². The van der Waals surface area contributed by atoms with E-state index in [9.17, 15) is 9.50 Å². The predicted molar refractivity (Wildman–Crippen MR) is 42.5 cm³/mol. The third-order valence-corrected chi connectivity index (χ3v) is 1.65. The maximum Gasteiger partial charge on any atom is 0.104 e. The number of allylic oxidation sites excluding steroid dienone is 2. The lowest BCUT2D eigenvalue weighted by Gasteiger charge is -2.21. The van der Waals surface area contributed by atoms with Gasteiger partial charge >= 0.3 is 0 Å². The Morgan fingerprint density at radius 1 is 1.55 bits per heavy atom. The Kier molecular flexibility index (Phi) is 2.14. The third kappa shape index (κ3) is 2.15. The smallest absolute Gasteiger partial charge is 0.104 e. The van der Waals surface area contributed by atoms with E-state index < -0.39 is 5.60 Å².